The number of hydrogen-bond donors (Lipinski definition) is 2. The van der Waals surface area contributed by atoms with Crippen molar-refractivity contribution in [2.24, 2.45) is 23.2 Å². The molecule has 1 amide bonds. The minimum absolute atomic E-state index is 0.112. The van der Waals surface area contributed by atoms with Crippen LogP contribution in [0.1, 0.15) is 67.9 Å². The standard InChI is InChI=1S/C33H41ClN2O5S/c1-21-6-12-29(37)26-10-7-24(26)17-36-18-33(14-4-5-22-15-25(34)9-11-27(22)33)19-41-30-13-8-23(16-28(30)36)31(38)35-42(39,40)20-32(21,2)3/h6,8-9,11-13,15-16,21,24,26,29,37H,4-5,7,10,14,17-20H2,1-3H3,(H,35,38)/b12-6-/t21-,24-,26+,29+,33-/m0/s1. The fraction of sp³-hybridized carbons (Fsp3) is 0.545. The number of carbonyl (C=O) groups excluding carboxylic acids is 1. The van der Waals surface area contributed by atoms with Crippen LogP contribution in [0.25, 0.3) is 0 Å². The molecule has 42 heavy (non-hydrogen) atoms. The topological polar surface area (TPSA) is 95.9 Å². The molecule has 7 nitrogen and oxygen atoms in total. The Morgan fingerprint density at radius 3 is 2.69 bits per heavy atom. The first-order valence-corrected chi connectivity index (χ1v) is 17.1. The molecule has 1 spiro atoms. The Morgan fingerprint density at radius 2 is 1.93 bits per heavy atom. The zero-order valence-corrected chi connectivity index (χ0v) is 26.2. The van der Waals surface area contributed by atoms with Crippen molar-refractivity contribution >= 4 is 33.2 Å². The number of amides is 1. The lowest BCUT2D eigenvalue weighted by Gasteiger charge is -2.45. The van der Waals surface area contributed by atoms with Crippen molar-refractivity contribution in [3.05, 3.63) is 70.3 Å². The van der Waals surface area contributed by atoms with Crippen molar-refractivity contribution in [1.29, 1.82) is 0 Å². The molecule has 2 aromatic rings. The summed E-state index contributed by atoms with van der Waals surface area (Å²) < 4.78 is 35.1. The van der Waals surface area contributed by atoms with Crippen LogP contribution in [0.4, 0.5) is 5.69 Å². The largest absolute Gasteiger partial charge is 0.490 e. The molecule has 0 unspecified atom stereocenters. The number of carbonyl (C=O) groups is 1. The van der Waals surface area contributed by atoms with Crippen molar-refractivity contribution in [1.82, 2.24) is 4.72 Å². The Bertz CT molecular complexity index is 1520. The van der Waals surface area contributed by atoms with Gasteiger partial charge in [0.2, 0.25) is 10.0 Å². The average Bonchev–Trinajstić information content (AvgIpc) is 3.05. The Kier molecular flexibility index (Phi) is 7.64. The van der Waals surface area contributed by atoms with Crippen molar-refractivity contribution in [3.8, 4) is 5.75 Å². The van der Waals surface area contributed by atoms with Gasteiger partial charge in [-0.2, -0.15) is 0 Å². The number of benzene rings is 2. The molecule has 2 aliphatic carbocycles. The summed E-state index contributed by atoms with van der Waals surface area (Å²) in [5.74, 6) is 0.0809. The molecule has 1 saturated carbocycles. The van der Waals surface area contributed by atoms with Gasteiger partial charge in [0, 0.05) is 29.1 Å². The lowest BCUT2D eigenvalue weighted by Crippen LogP contribution is -2.49. The van der Waals surface area contributed by atoms with Crippen LogP contribution in [-0.2, 0) is 21.9 Å². The summed E-state index contributed by atoms with van der Waals surface area (Å²) in [6.07, 6.45) is 8.09. The lowest BCUT2D eigenvalue weighted by atomic mass is 9.68. The predicted octanol–water partition coefficient (Wildman–Crippen LogP) is 5.49. The van der Waals surface area contributed by atoms with Gasteiger partial charge in [0.05, 0.1) is 24.2 Å². The Morgan fingerprint density at radius 1 is 1.12 bits per heavy atom. The molecule has 226 valence electrons. The zero-order valence-electron chi connectivity index (χ0n) is 24.6. The molecule has 0 radical (unpaired) electrons. The van der Waals surface area contributed by atoms with Crippen LogP contribution in [0.15, 0.2) is 48.6 Å². The van der Waals surface area contributed by atoms with E-state index in [2.05, 4.69) is 21.8 Å². The van der Waals surface area contributed by atoms with Crippen molar-refractivity contribution in [3.63, 3.8) is 0 Å². The second-order valence-electron chi connectivity index (χ2n) is 13.6. The van der Waals surface area contributed by atoms with Gasteiger partial charge in [-0.3, -0.25) is 4.79 Å². The van der Waals surface area contributed by atoms with E-state index in [0.717, 1.165) is 42.8 Å². The van der Waals surface area contributed by atoms with E-state index in [1.807, 2.05) is 39.0 Å². The van der Waals surface area contributed by atoms with Crippen LogP contribution >= 0.6 is 11.6 Å². The van der Waals surface area contributed by atoms with E-state index in [1.165, 1.54) is 11.1 Å². The Hall–Kier alpha value is -2.55. The van der Waals surface area contributed by atoms with Crippen LogP contribution < -0.4 is 14.4 Å². The van der Waals surface area contributed by atoms with Gasteiger partial charge in [0.25, 0.3) is 5.91 Å². The number of ether oxygens (including phenoxy) is 1. The first kappa shape index (κ1) is 29.5. The highest BCUT2D eigenvalue weighted by atomic mass is 35.5. The molecule has 9 heteroatoms. The lowest BCUT2D eigenvalue weighted by molar-refractivity contribution is 0.0452. The van der Waals surface area contributed by atoms with E-state index in [-0.39, 0.29) is 34.5 Å². The molecule has 2 N–H and O–H groups in total. The van der Waals surface area contributed by atoms with Gasteiger partial charge in [-0.1, -0.05) is 50.6 Å². The third-order valence-corrected chi connectivity index (χ3v) is 12.2. The number of rotatable bonds is 0. The molecule has 0 saturated heterocycles. The van der Waals surface area contributed by atoms with E-state index in [0.29, 0.717) is 25.4 Å². The molecule has 1 fully saturated rings. The molecule has 5 atom stereocenters. The highest BCUT2D eigenvalue weighted by Crippen LogP contribution is 2.47. The van der Waals surface area contributed by atoms with Crippen molar-refractivity contribution in [2.45, 2.75) is 64.4 Å². The Labute approximate surface area is 254 Å². The maximum Gasteiger partial charge on any atom is 0.264 e. The third-order valence-electron chi connectivity index (χ3n) is 10.3. The second kappa shape index (κ2) is 10.9. The van der Waals surface area contributed by atoms with E-state index < -0.39 is 27.4 Å². The number of fused-ring (bicyclic) bond motifs is 4. The third kappa shape index (κ3) is 5.58. The van der Waals surface area contributed by atoms with Gasteiger partial charge in [-0.25, -0.2) is 13.1 Å². The fourth-order valence-corrected chi connectivity index (χ4v) is 9.26. The van der Waals surface area contributed by atoms with Gasteiger partial charge in [-0.15, -0.1) is 0 Å². The van der Waals surface area contributed by atoms with E-state index >= 15 is 0 Å². The molecular weight excluding hydrogens is 572 g/mol. The van der Waals surface area contributed by atoms with Crippen LogP contribution in [0.5, 0.6) is 5.75 Å². The number of aliphatic hydroxyl groups is 1. The van der Waals surface area contributed by atoms with Gasteiger partial charge in [0.15, 0.2) is 0 Å². The summed E-state index contributed by atoms with van der Waals surface area (Å²) in [6, 6.07) is 11.4. The smallest absolute Gasteiger partial charge is 0.264 e. The number of sulfonamides is 1. The number of halogens is 1. The molecule has 6 rings (SSSR count). The van der Waals surface area contributed by atoms with Crippen LogP contribution in [0, 0.1) is 23.2 Å². The molecule has 2 heterocycles. The fourth-order valence-electron chi connectivity index (χ4n) is 7.35. The van der Waals surface area contributed by atoms with E-state index in [1.54, 1.807) is 18.2 Å². The number of hydrogen-bond acceptors (Lipinski definition) is 6. The summed E-state index contributed by atoms with van der Waals surface area (Å²) in [4.78, 5) is 15.7. The zero-order chi connectivity index (χ0) is 29.9. The quantitative estimate of drug-likeness (QED) is 0.382. The maximum absolute atomic E-state index is 13.3. The first-order valence-electron chi connectivity index (χ1n) is 15.1. The number of nitrogens with zero attached hydrogens (tertiary/aromatic N) is 1. The molecular formula is C33H41ClN2O5S. The molecule has 0 aromatic heterocycles. The van der Waals surface area contributed by atoms with Gasteiger partial charge < -0.3 is 14.7 Å². The highest BCUT2D eigenvalue weighted by molar-refractivity contribution is 7.90. The second-order valence-corrected chi connectivity index (χ2v) is 15.8. The molecule has 2 aromatic carbocycles. The van der Waals surface area contributed by atoms with Crippen LogP contribution in [0.3, 0.4) is 0 Å². The number of aliphatic hydroxyl groups excluding tert-OH is 1. The van der Waals surface area contributed by atoms with Crippen molar-refractivity contribution < 1.29 is 23.1 Å². The number of aryl methyl sites for hydroxylation is 1. The SMILES string of the molecule is C[C@H]1/C=C\[C@@H](O)[C@@H]2CC[C@H]2CN2C[C@@]3(CCCc4cc(Cl)ccc43)COc3ccc(cc32)C(=O)NS(=O)(=O)CC1(C)C. The van der Waals surface area contributed by atoms with E-state index in [4.69, 9.17) is 16.3 Å². The molecule has 4 aliphatic rings. The van der Waals surface area contributed by atoms with Gasteiger partial charge in [0.1, 0.15) is 5.75 Å². The Balaban J connectivity index is 1.42. The minimum Gasteiger partial charge on any atom is -0.490 e. The number of anilines is 1. The molecule has 2 aliphatic heterocycles. The summed E-state index contributed by atoms with van der Waals surface area (Å²) in [5, 5.41) is 12.0. The van der Waals surface area contributed by atoms with E-state index in [9.17, 15) is 18.3 Å². The summed E-state index contributed by atoms with van der Waals surface area (Å²) in [5.41, 5.74) is 2.67. The summed E-state index contributed by atoms with van der Waals surface area (Å²) in [6.45, 7) is 7.60. The van der Waals surface area contributed by atoms with Crippen molar-refractivity contribution in [2.75, 3.05) is 30.3 Å². The predicted molar refractivity (Wildman–Crippen MR) is 166 cm³/mol. The van der Waals surface area contributed by atoms with Gasteiger partial charge in [-0.05, 0) is 96.7 Å². The number of allylic oxidation sites excluding steroid dienone is 1. The van der Waals surface area contributed by atoms with Gasteiger partial charge >= 0.3 is 0 Å². The maximum atomic E-state index is 13.3. The highest BCUT2D eigenvalue weighted by Gasteiger charge is 2.44. The number of nitrogens with one attached hydrogen (secondary N) is 1. The average molecular weight is 613 g/mol. The monoisotopic (exact) mass is 612 g/mol. The molecule has 2 bridgehead atoms. The van der Waals surface area contributed by atoms with Crippen LogP contribution in [-0.4, -0.2) is 51.0 Å². The summed E-state index contributed by atoms with van der Waals surface area (Å²) >= 11 is 6.39. The normalized spacial score (nSPS) is 32.8. The summed E-state index contributed by atoms with van der Waals surface area (Å²) in [7, 11) is -3.92. The minimum atomic E-state index is -3.92. The van der Waals surface area contributed by atoms with Crippen LogP contribution in [0.2, 0.25) is 5.02 Å². The first-order chi connectivity index (χ1) is 19.9.